The smallest absolute Gasteiger partial charge is 0.136 e. The van der Waals surface area contributed by atoms with E-state index in [0.717, 1.165) is 50.1 Å². The second-order valence-corrected chi connectivity index (χ2v) is 14.9. The number of rotatable bonds is 7. The van der Waals surface area contributed by atoms with Crippen LogP contribution in [0, 0.1) is 0 Å². The third-order valence-electron chi connectivity index (χ3n) is 11.5. The second kappa shape index (κ2) is 14.1. The largest absolute Gasteiger partial charge is 0.456 e. The quantitative estimate of drug-likeness (QED) is 0.162. The molecule has 0 aliphatic heterocycles. The van der Waals surface area contributed by atoms with Crippen molar-refractivity contribution in [1.29, 1.82) is 0 Å². The zero-order chi connectivity index (χ0) is 38.4. The van der Waals surface area contributed by atoms with Gasteiger partial charge in [0.05, 0.1) is 0 Å². The molecular weight excluding hydrogens is 703 g/mol. The maximum absolute atomic E-state index is 6.58. The van der Waals surface area contributed by atoms with Gasteiger partial charge in [-0.1, -0.05) is 170 Å². The first-order valence-electron chi connectivity index (χ1n) is 19.8. The molecule has 2 nitrogen and oxygen atoms in total. The summed E-state index contributed by atoms with van der Waals surface area (Å²) in [5.74, 6) is 0. The molecule has 0 amide bonds. The average molecular weight is 740 g/mol. The zero-order valence-electron chi connectivity index (χ0n) is 31.7. The molecule has 0 saturated carbocycles. The Bertz CT molecular complexity index is 3150. The van der Waals surface area contributed by atoms with Crippen LogP contribution in [0.4, 0.5) is 17.1 Å². The van der Waals surface area contributed by atoms with E-state index >= 15 is 0 Å². The lowest BCUT2D eigenvalue weighted by Crippen LogP contribution is -2.09. The van der Waals surface area contributed by atoms with E-state index in [9.17, 15) is 0 Å². The lowest BCUT2D eigenvalue weighted by Gasteiger charge is -2.26. The third kappa shape index (κ3) is 5.91. The Morgan fingerprint density at radius 3 is 1.41 bits per heavy atom. The van der Waals surface area contributed by atoms with E-state index in [1.54, 1.807) is 0 Å². The van der Waals surface area contributed by atoms with Crippen LogP contribution < -0.4 is 4.90 Å². The monoisotopic (exact) mass is 739 g/mol. The van der Waals surface area contributed by atoms with Gasteiger partial charge in [-0.3, -0.25) is 0 Å². The molecule has 11 aromatic rings. The minimum Gasteiger partial charge on any atom is -0.456 e. The summed E-state index contributed by atoms with van der Waals surface area (Å²) >= 11 is 0. The summed E-state index contributed by atoms with van der Waals surface area (Å²) in [6.45, 7) is 0. The Balaban J connectivity index is 1.01. The minimum atomic E-state index is 0.888. The van der Waals surface area contributed by atoms with Crippen LogP contribution in [0.1, 0.15) is 0 Å². The summed E-state index contributed by atoms with van der Waals surface area (Å²) in [5.41, 5.74) is 14.6. The maximum atomic E-state index is 6.58. The van der Waals surface area contributed by atoms with E-state index in [1.165, 1.54) is 54.9 Å². The van der Waals surface area contributed by atoms with Crippen molar-refractivity contribution in [3.05, 3.63) is 224 Å². The number of benzene rings is 10. The Morgan fingerprint density at radius 2 is 0.776 bits per heavy atom. The highest BCUT2D eigenvalue weighted by Crippen LogP contribution is 2.44. The predicted molar refractivity (Wildman–Crippen MR) is 245 cm³/mol. The maximum Gasteiger partial charge on any atom is 0.136 e. The van der Waals surface area contributed by atoms with Gasteiger partial charge in [0.15, 0.2) is 0 Å². The van der Waals surface area contributed by atoms with Crippen LogP contribution in [0.3, 0.4) is 0 Å². The zero-order valence-corrected chi connectivity index (χ0v) is 31.7. The van der Waals surface area contributed by atoms with Crippen molar-refractivity contribution in [2.24, 2.45) is 0 Å². The molecule has 0 aliphatic carbocycles. The topological polar surface area (TPSA) is 16.4 Å². The van der Waals surface area contributed by atoms with Crippen LogP contribution in [-0.4, -0.2) is 0 Å². The SMILES string of the molecule is c1ccc(-c2ccc(N(c3ccc(-c4ccccc4)cc3)c3ccc(-c4cccc5oc6ccc7c(-c8ccc9ccccc9c8)cccc7c6c45)cc3)cc2)cc1. The number of nitrogens with zero attached hydrogens (tertiary/aromatic N) is 1. The standard InChI is InChI=1S/C56H37NO/c1-3-11-38(12-4-1)41-23-29-46(30-24-41)57(47-31-25-42(26-32-47)39-13-5-2-6-14-39)48-33-27-43(28-34-48)50-18-10-20-53-55(50)56-52-19-9-17-49(51(52)35-36-54(56)58-53)45-22-21-40-15-7-8-16-44(40)37-45/h1-37H. The van der Waals surface area contributed by atoms with Crippen LogP contribution >= 0.6 is 0 Å². The van der Waals surface area contributed by atoms with Crippen LogP contribution in [0.2, 0.25) is 0 Å². The number of fused-ring (bicyclic) bond motifs is 6. The van der Waals surface area contributed by atoms with Gasteiger partial charge in [0.1, 0.15) is 11.2 Å². The van der Waals surface area contributed by atoms with Crippen LogP contribution in [0.25, 0.3) is 88.0 Å². The average Bonchev–Trinajstić information content (AvgIpc) is 3.70. The molecule has 0 N–H and O–H groups in total. The molecule has 11 rings (SSSR count). The van der Waals surface area contributed by atoms with Crippen molar-refractivity contribution >= 4 is 60.5 Å². The van der Waals surface area contributed by atoms with Crippen LogP contribution in [-0.2, 0) is 0 Å². The fraction of sp³-hybridized carbons (Fsp3) is 0. The van der Waals surface area contributed by atoms with Crippen molar-refractivity contribution < 1.29 is 4.42 Å². The van der Waals surface area contributed by atoms with Crippen LogP contribution in [0.15, 0.2) is 229 Å². The molecule has 58 heavy (non-hydrogen) atoms. The predicted octanol–water partition coefficient (Wildman–Crippen LogP) is 16.0. The molecule has 0 radical (unpaired) electrons. The lowest BCUT2D eigenvalue weighted by atomic mass is 9.92. The Kier molecular flexibility index (Phi) is 8.19. The summed E-state index contributed by atoms with van der Waals surface area (Å²) < 4.78 is 6.58. The minimum absolute atomic E-state index is 0.888. The van der Waals surface area contributed by atoms with Gasteiger partial charge >= 0.3 is 0 Å². The van der Waals surface area contributed by atoms with Gasteiger partial charge in [-0.05, 0) is 121 Å². The van der Waals surface area contributed by atoms with Crippen LogP contribution in [0.5, 0.6) is 0 Å². The van der Waals surface area contributed by atoms with Gasteiger partial charge < -0.3 is 9.32 Å². The lowest BCUT2D eigenvalue weighted by molar-refractivity contribution is 0.669. The van der Waals surface area contributed by atoms with Crippen molar-refractivity contribution in [1.82, 2.24) is 0 Å². The summed E-state index contributed by atoms with van der Waals surface area (Å²) in [5, 5.41) is 7.17. The Hall–Kier alpha value is -7.68. The van der Waals surface area contributed by atoms with E-state index < -0.39 is 0 Å². The highest BCUT2D eigenvalue weighted by molar-refractivity contribution is 6.24. The van der Waals surface area contributed by atoms with Gasteiger partial charge in [0.2, 0.25) is 0 Å². The molecule has 0 atom stereocenters. The van der Waals surface area contributed by atoms with E-state index in [0.29, 0.717) is 0 Å². The fourth-order valence-electron chi connectivity index (χ4n) is 8.63. The van der Waals surface area contributed by atoms with E-state index in [1.807, 2.05) is 0 Å². The molecule has 0 aliphatic rings. The highest BCUT2D eigenvalue weighted by Gasteiger charge is 2.18. The van der Waals surface area contributed by atoms with Crippen molar-refractivity contribution in [3.8, 4) is 44.5 Å². The summed E-state index contributed by atoms with van der Waals surface area (Å²) in [6.07, 6.45) is 0. The first-order chi connectivity index (χ1) is 28.7. The second-order valence-electron chi connectivity index (χ2n) is 14.9. The summed E-state index contributed by atoms with van der Waals surface area (Å²) in [6, 6.07) is 80.5. The number of furan rings is 1. The van der Waals surface area contributed by atoms with Crippen molar-refractivity contribution in [2.45, 2.75) is 0 Å². The third-order valence-corrected chi connectivity index (χ3v) is 11.5. The van der Waals surface area contributed by atoms with Gasteiger partial charge in [-0.2, -0.15) is 0 Å². The van der Waals surface area contributed by atoms with Gasteiger partial charge in [0, 0.05) is 27.8 Å². The van der Waals surface area contributed by atoms with E-state index in [-0.39, 0.29) is 0 Å². The molecule has 272 valence electrons. The molecule has 2 heteroatoms. The fourth-order valence-corrected chi connectivity index (χ4v) is 8.63. The molecule has 1 aromatic heterocycles. The Labute approximate surface area is 337 Å². The molecular formula is C56H37NO. The normalized spacial score (nSPS) is 11.4. The van der Waals surface area contributed by atoms with E-state index in [4.69, 9.17) is 4.42 Å². The molecule has 0 fully saturated rings. The van der Waals surface area contributed by atoms with Crippen molar-refractivity contribution in [2.75, 3.05) is 4.90 Å². The van der Waals surface area contributed by atoms with Gasteiger partial charge in [0.25, 0.3) is 0 Å². The summed E-state index contributed by atoms with van der Waals surface area (Å²) in [4.78, 5) is 2.34. The number of anilines is 3. The molecule has 0 spiro atoms. The molecule has 0 saturated heterocycles. The van der Waals surface area contributed by atoms with Gasteiger partial charge in [-0.15, -0.1) is 0 Å². The molecule has 0 bridgehead atoms. The Morgan fingerprint density at radius 1 is 0.276 bits per heavy atom. The van der Waals surface area contributed by atoms with E-state index in [2.05, 4.69) is 229 Å². The number of hydrogen-bond donors (Lipinski definition) is 0. The molecule has 1 heterocycles. The first kappa shape index (κ1) is 33.6. The number of hydrogen-bond acceptors (Lipinski definition) is 2. The highest BCUT2D eigenvalue weighted by atomic mass is 16.3. The molecule has 10 aromatic carbocycles. The van der Waals surface area contributed by atoms with Gasteiger partial charge in [-0.25, -0.2) is 0 Å². The molecule has 0 unspecified atom stereocenters. The first-order valence-corrected chi connectivity index (χ1v) is 19.8. The summed E-state index contributed by atoms with van der Waals surface area (Å²) in [7, 11) is 0. The van der Waals surface area contributed by atoms with Crippen molar-refractivity contribution in [3.63, 3.8) is 0 Å².